The number of nitrogens with zero attached hydrogens (tertiary/aromatic N) is 1. The van der Waals surface area contributed by atoms with Gasteiger partial charge in [-0.05, 0) is 39.7 Å². The summed E-state index contributed by atoms with van der Waals surface area (Å²) in [5, 5.41) is 11.7. The van der Waals surface area contributed by atoms with Gasteiger partial charge >= 0.3 is 0 Å². The zero-order valence-corrected chi connectivity index (χ0v) is 11.1. The van der Waals surface area contributed by atoms with Gasteiger partial charge in [0.1, 0.15) is 5.60 Å². The molecule has 0 aliphatic carbocycles. The molecule has 1 saturated heterocycles. The topological polar surface area (TPSA) is 62.1 Å². The zero-order valence-electron chi connectivity index (χ0n) is 11.1. The van der Waals surface area contributed by atoms with Crippen molar-refractivity contribution in [1.29, 1.82) is 5.26 Å². The second-order valence-corrected chi connectivity index (χ2v) is 5.03. The van der Waals surface area contributed by atoms with Gasteiger partial charge in [0, 0.05) is 12.6 Å². The molecule has 0 saturated carbocycles. The summed E-state index contributed by atoms with van der Waals surface area (Å²) in [6.07, 6.45) is 2.72. The Kier molecular flexibility index (Phi) is 7.24. The van der Waals surface area contributed by atoms with E-state index in [9.17, 15) is 4.79 Å². The molecule has 0 spiro atoms. The summed E-state index contributed by atoms with van der Waals surface area (Å²) in [5.74, 6) is 0.549. The Bertz CT molecular complexity index is 298. The van der Waals surface area contributed by atoms with E-state index in [0.29, 0.717) is 12.4 Å². The van der Waals surface area contributed by atoms with Gasteiger partial charge in [-0.3, -0.25) is 4.79 Å². The first-order valence-corrected chi connectivity index (χ1v) is 5.81. The van der Waals surface area contributed by atoms with E-state index in [1.54, 1.807) is 6.08 Å². The van der Waals surface area contributed by atoms with E-state index < -0.39 is 0 Å². The van der Waals surface area contributed by atoms with Gasteiger partial charge in [0.2, 0.25) is 0 Å². The van der Waals surface area contributed by atoms with Gasteiger partial charge in [-0.1, -0.05) is 12.5 Å². The second-order valence-electron chi connectivity index (χ2n) is 5.03. The maximum atomic E-state index is 9.60. The van der Waals surface area contributed by atoms with Crippen molar-refractivity contribution in [1.82, 2.24) is 5.32 Å². The third-order valence-corrected chi connectivity index (χ3v) is 2.33. The predicted octanol–water partition coefficient (Wildman–Crippen LogP) is 2.02. The van der Waals surface area contributed by atoms with Crippen LogP contribution in [0.25, 0.3) is 0 Å². The molecule has 1 unspecified atom stereocenters. The molecule has 0 amide bonds. The number of piperidine rings is 1. The highest BCUT2D eigenvalue weighted by atomic mass is 16.5. The summed E-state index contributed by atoms with van der Waals surface area (Å²) in [7, 11) is 0. The molecular weight excluding hydrogens is 216 g/mol. The quantitative estimate of drug-likeness (QED) is 0.561. The predicted molar refractivity (Wildman–Crippen MR) is 67.2 cm³/mol. The molecule has 0 aromatic carbocycles. The SMILES string of the molecule is CC(C)(C)OC=O.CC1CNCCC1=CC#N. The highest BCUT2D eigenvalue weighted by molar-refractivity contribution is 5.37. The lowest BCUT2D eigenvalue weighted by atomic mass is 9.95. The van der Waals surface area contributed by atoms with Gasteiger partial charge in [-0.15, -0.1) is 0 Å². The van der Waals surface area contributed by atoms with Crippen molar-refractivity contribution < 1.29 is 9.53 Å². The molecule has 0 bridgehead atoms. The fourth-order valence-electron chi connectivity index (χ4n) is 1.37. The Hall–Kier alpha value is -1.34. The number of carbonyl (C=O) groups is 1. The van der Waals surface area contributed by atoms with Gasteiger partial charge in [0.25, 0.3) is 6.47 Å². The molecular formula is C13H22N2O2. The molecule has 0 aromatic rings. The largest absolute Gasteiger partial charge is 0.462 e. The van der Waals surface area contributed by atoms with Crippen LogP contribution in [0.15, 0.2) is 11.6 Å². The molecule has 1 fully saturated rings. The Morgan fingerprint density at radius 2 is 2.18 bits per heavy atom. The number of rotatable bonds is 1. The summed E-state index contributed by atoms with van der Waals surface area (Å²) >= 11 is 0. The van der Waals surface area contributed by atoms with Crippen LogP contribution in [0.4, 0.5) is 0 Å². The van der Waals surface area contributed by atoms with Gasteiger partial charge < -0.3 is 10.1 Å². The van der Waals surface area contributed by atoms with E-state index in [-0.39, 0.29) is 5.60 Å². The van der Waals surface area contributed by atoms with E-state index >= 15 is 0 Å². The molecule has 4 nitrogen and oxygen atoms in total. The smallest absolute Gasteiger partial charge is 0.293 e. The average Bonchev–Trinajstić information content (AvgIpc) is 2.21. The van der Waals surface area contributed by atoms with Gasteiger partial charge in [-0.2, -0.15) is 5.26 Å². The van der Waals surface area contributed by atoms with Crippen LogP contribution < -0.4 is 5.32 Å². The molecule has 1 atom stereocenters. The number of carbonyl (C=O) groups excluding carboxylic acids is 1. The van der Waals surface area contributed by atoms with Crippen molar-refractivity contribution in [3.63, 3.8) is 0 Å². The van der Waals surface area contributed by atoms with Crippen molar-refractivity contribution in [3.05, 3.63) is 11.6 Å². The summed E-state index contributed by atoms with van der Waals surface area (Å²) in [6.45, 7) is 10.1. The number of nitrogens with one attached hydrogen (secondary N) is 1. The van der Waals surface area contributed by atoms with E-state index in [2.05, 4.69) is 23.0 Å². The van der Waals surface area contributed by atoms with Crippen molar-refractivity contribution in [2.75, 3.05) is 13.1 Å². The average molecular weight is 238 g/mol. The van der Waals surface area contributed by atoms with Crippen LogP contribution in [0, 0.1) is 17.2 Å². The summed E-state index contributed by atoms with van der Waals surface area (Å²) < 4.78 is 4.55. The molecule has 96 valence electrons. The molecule has 1 N–H and O–H groups in total. The summed E-state index contributed by atoms with van der Waals surface area (Å²) in [4.78, 5) is 9.60. The minimum atomic E-state index is -0.318. The molecule has 17 heavy (non-hydrogen) atoms. The second kappa shape index (κ2) is 7.86. The number of hydrogen-bond donors (Lipinski definition) is 1. The third-order valence-electron chi connectivity index (χ3n) is 2.33. The normalized spacial score (nSPS) is 22.1. The van der Waals surface area contributed by atoms with Crippen LogP contribution in [0.3, 0.4) is 0 Å². The minimum Gasteiger partial charge on any atom is -0.462 e. The standard InChI is InChI=1S/C8H12N2.C5H10O2/c1-7-6-10-5-3-8(7)2-4-9;1-5(2,3)7-4-6/h2,7,10H,3,5-6H2,1H3;4H,1-3H3. The lowest BCUT2D eigenvalue weighted by molar-refractivity contribution is -0.138. The Morgan fingerprint density at radius 1 is 1.53 bits per heavy atom. The van der Waals surface area contributed by atoms with Crippen LogP contribution >= 0.6 is 0 Å². The highest BCUT2D eigenvalue weighted by Gasteiger charge is 2.12. The lowest BCUT2D eigenvalue weighted by Crippen LogP contribution is -2.29. The van der Waals surface area contributed by atoms with Crippen molar-refractivity contribution >= 4 is 6.47 Å². The maximum absolute atomic E-state index is 9.60. The number of nitriles is 1. The monoisotopic (exact) mass is 238 g/mol. The van der Waals surface area contributed by atoms with Crippen LogP contribution in [0.2, 0.25) is 0 Å². The minimum absolute atomic E-state index is 0.318. The Balaban J connectivity index is 0.000000325. The first-order chi connectivity index (χ1) is 7.90. The molecule has 1 rings (SSSR count). The van der Waals surface area contributed by atoms with Crippen molar-refractivity contribution in [2.24, 2.45) is 5.92 Å². The molecule has 0 aromatic heterocycles. The highest BCUT2D eigenvalue weighted by Crippen LogP contribution is 2.16. The molecule has 0 radical (unpaired) electrons. The Morgan fingerprint density at radius 3 is 2.53 bits per heavy atom. The molecule has 1 heterocycles. The number of ether oxygens (including phenoxy) is 1. The fraction of sp³-hybridized carbons (Fsp3) is 0.692. The molecule has 1 aliphatic heterocycles. The van der Waals surface area contributed by atoms with Gasteiger partial charge in [0.05, 0.1) is 6.07 Å². The zero-order chi connectivity index (χ0) is 13.3. The van der Waals surface area contributed by atoms with E-state index in [1.165, 1.54) is 5.57 Å². The van der Waals surface area contributed by atoms with E-state index in [1.807, 2.05) is 20.8 Å². The number of hydrogen-bond acceptors (Lipinski definition) is 4. The molecule has 4 heteroatoms. The van der Waals surface area contributed by atoms with Gasteiger partial charge in [-0.25, -0.2) is 0 Å². The summed E-state index contributed by atoms with van der Waals surface area (Å²) in [6, 6.07) is 2.08. The van der Waals surface area contributed by atoms with E-state index in [4.69, 9.17) is 5.26 Å². The third kappa shape index (κ3) is 8.47. The summed E-state index contributed by atoms with van der Waals surface area (Å²) in [5.41, 5.74) is 0.975. The van der Waals surface area contributed by atoms with Gasteiger partial charge in [0.15, 0.2) is 0 Å². The molecule has 1 aliphatic rings. The van der Waals surface area contributed by atoms with Crippen LogP contribution in [-0.4, -0.2) is 25.2 Å². The first-order valence-electron chi connectivity index (χ1n) is 5.81. The fourth-order valence-corrected chi connectivity index (χ4v) is 1.37. The number of allylic oxidation sites excluding steroid dienone is 1. The van der Waals surface area contributed by atoms with Crippen LogP contribution in [0.1, 0.15) is 34.1 Å². The maximum Gasteiger partial charge on any atom is 0.293 e. The van der Waals surface area contributed by atoms with Crippen LogP contribution in [0.5, 0.6) is 0 Å². The van der Waals surface area contributed by atoms with Crippen molar-refractivity contribution in [2.45, 2.75) is 39.7 Å². The van der Waals surface area contributed by atoms with Crippen LogP contribution in [-0.2, 0) is 9.53 Å². The Labute approximate surface area is 104 Å². The van der Waals surface area contributed by atoms with E-state index in [0.717, 1.165) is 19.5 Å². The lowest BCUT2D eigenvalue weighted by Gasteiger charge is -2.21. The first kappa shape index (κ1) is 15.7. The van der Waals surface area contributed by atoms with Crippen molar-refractivity contribution in [3.8, 4) is 6.07 Å².